The SMILES string of the molecule is O=C1c2ccccc2CCCN1CC(O)C1CC1. The van der Waals surface area contributed by atoms with Crippen LogP contribution in [0.15, 0.2) is 24.3 Å². The molecule has 0 radical (unpaired) electrons. The molecule has 1 heterocycles. The van der Waals surface area contributed by atoms with Crippen molar-refractivity contribution in [1.82, 2.24) is 4.90 Å². The Balaban J connectivity index is 1.78. The lowest BCUT2D eigenvalue weighted by Crippen LogP contribution is -2.38. The van der Waals surface area contributed by atoms with E-state index >= 15 is 0 Å². The molecule has 3 rings (SSSR count). The zero-order valence-corrected chi connectivity index (χ0v) is 10.5. The molecule has 1 aromatic rings. The van der Waals surface area contributed by atoms with Gasteiger partial charge in [0.25, 0.3) is 5.91 Å². The number of nitrogens with zero attached hydrogens (tertiary/aromatic N) is 1. The van der Waals surface area contributed by atoms with E-state index < -0.39 is 0 Å². The number of β-amino-alcohol motifs (C(OH)–C–C–N with tert-alkyl or cyclic N) is 1. The van der Waals surface area contributed by atoms with E-state index in [0.29, 0.717) is 12.5 Å². The molecule has 0 aromatic heterocycles. The summed E-state index contributed by atoms with van der Waals surface area (Å²) in [7, 11) is 0. The van der Waals surface area contributed by atoms with Crippen molar-refractivity contribution >= 4 is 5.91 Å². The molecule has 1 N–H and O–H groups in total. The van der Waals surface area contributed by atoms with Gasteiger partial charge >= 0.3 is 0 Å². The molecule has 1 amide bonds. The van der Waals surface area contributed by atoms with Crippen LogP contribution in [0.25, 0.3) is 0 Å². The van der Waals surface area contributed by atoms with Crippen LogP contribution in [0.2, 0.25) is 0 Å². The summed E-state index contributed by atoms with van der Waals surface area (Å²) in [6, 6.07) is 7.84. The quantitative estimate of drug-likeness (QED) is 0.882. The molecule has 1 fully saturated rings. The molecule has 3 nitrogen and oxygen atoms in total. The molecule has 0 saturated heterocycles. The first-order valence-electron chi connectivity index (χ1n) is 6.81. The molecule has 96 valence electrons. The normalized spacial score (nSPS) is 21.4. The van der Waals surface area contributed by atoms with Crippen LogP contribution < -0.4 is 0 Å². The van der Waals surface area contributed by atoms with Crippen LogP contribution in [0.4, 0.5) is 0 Å². The molecule has 1 aliphatic heterocycles. The number of hydrogen-bond donors (Lipinski definition) is 1. The fraction of sp³-hybridized carbons (Fsp3) is 0.533. The van der Waals surface area contributed by atoms with Gasteiger partial charge in [0.05, 0.1) is 6.10 Å². The first kappa shape index (κ1) is 11.7. The van der Waals surface area contributed by atoms with Gasteiger partial charge in [-0.25, -0.2) is 0 Å². The van der Waals surface area contributed by atoms with Gasteiger partial charge in [-0.05, 0) is 43.2 Å². The van der Waals surface area contributed by atoms with Gasteiger partial charge in [-0.3, -0.25) is 4.79 Å². The Bertz CT molecular complexity index is 454. The number of aryl methyl sites for hydroxylation is 1. The third kappa shape index (κ3) is 2.27. The lowest BCUT2D eigenvalue weighted by molar-refractivity contribution is 0.0589. The highest BCUT2D eigenvalue weighted by Gasteiger charge is 2.32. The van der Waals surface area contributed by atoms with Crippen LogP contribution in [0.3, 0.4) is 0 Å². The largest absolute Gasteiger partial charge is 0.391 e. The average Bonchev–Trinajstić information content (AvgIpc) is 3.20. The van der Waals surface area contributed by atoms with Crippen LogP contribution in [0, 0.1) is 5.92 Å². The molecule has 1 saturated carbocycles. The number of rotatable bonds is 3. The van der Waals surface area contributed by atoms with E-state index in [1.165, 1.54) is 0 Å². The smallest absolute Gasteiger partial charge is 0.254 e. The minimum Gasteiger partial charge on any atom is -0.391 e. The minimum atomic E-state index is -0.334. The van der Waals surface area contributed by atoms with Crippen molar-refractivity contribution in [2.24, 2.45) is 5.92 Å². The van der Waals surface area contributed by atoms with Crippen molar-refractivity contribution in [1.29, 1.82) is 0 Å². The van der Waals surface area contributed by atoms with E-state index in [4.69, 9.17) is 0 Å². The number of carbonyl (C=O) groups is 1. The monoisotopic (exact) mass is 245 g/mol. The van der Waals surface area contributed by atoms with Crippen molar-refractivity contribution in [3.63, 3.8) is 0 Å². The van der Waals surface area contributed by atoms with Gasteiger partial charge in [0.15, 0.2) is 0 Å². The van der Waals surface area contributed by atoms with E-state index in [-0.39, 0.29) is 12.0 Å². The summed E-state index contributed by atoms with van der Waals surface area (Å²) >= 11 is 0. The van der Waals surface area contributed by atoms with Gasteiger partial charge < -0.3 is 10.0 Å². The molecule has 1 aromatic carbocycles. The van der Waals surface area contributed by atoms with Crippen LogP contribution >= 0.6 is 0 Å². The number of benzene rings is 1. The number of fused-ring (bicyclic) bond motifs is 1. The van der Waals surface area contributed by atoms with Gasteiger partial charge in [0, 0.05) is 18.7 Å². The lowest BCUT2D eigenvalue weighted by Gasteiger charge is -2.24. The molecule has 0 bridgehead atoms. The zero-order valence-electron chi connectivity index (χ0n) is 10.5. The van der Waals surface area contributed by atoms with Crippen molar-refractivity contribution in [2.75, 3.05) is 13.1 Å². The van der Waals surface area contributed by atoms with Crippen molar-refractivity contribution in [3.8, 4) is 0 Å². The first-order chi connectivity index (χ1) is 8.75. The van der Waals surface area contributed by atoms with E-state index in [9.17, 15) is 9.90 Å². The Morgan fingerprint density at radius 2 is 2.11 bits per heavy atom. The predicted octanol–water partition coefficient (Wildman–Crippen LogP) is 1.85. The number of amides is 1. The molecular weight excluding hydrogens is 226 g/mol. The Labute approximate surface area is 107 Å². The maximum Gasteiger partial charge on any atom is 0.254 e. The maximum atomic E-state index is 12.4. The van der Waals surface area contributed by atoms with Crippen molar-refractivity contribution in [3.05, 3.63) is 35.4 Å². The standard InChI is InChI=1S/C15H19NO2/c17-14(12-7-8-12)10-16-9-3-5-11-4-1-2-6-13(11)15(16)18/h1-2,4,6,12,14,17H,3,5,7-10H2. The highest BCUT2D eigenvalue weighted by atomic mass is 16.3. The zero-order chi connectivity index (χ0) is 12.5. The number of hydrogen-bond acceptors (Lipinski definition) is 2. The number of aliphatic hydroxyl groups is 1. The Morgan fingerprint density at radius 3 is 2.89 bits per heavy atom. The van der Waals surface area contributed by atoms with Gasteiger partial charge in [0.1, 0.15) is 0 Å². The summed E-state index contributed by atoms with van der Waals surface area (Å²) in [5.74, 6) is 0.513. The van der Waals surface area contributed by atoms with E-state index in [2.05, 4.69) is 0 Å². The molecular formula is C15H19NO2. The molecule has 1 atom stereocenters. The number of carbonyl (C=O) groups excluding carboxylic acids is 1. The Kier molecular flexibility index (Phi) is 3.08. The summed E-state index contributed by atoms with van der Waals surface area (Å²) in [6.07, 6.45) is 3.83. The maximum absolute atomic E-state index is 12.4. The average molecular weight is 245 g/mol. The predicted molar refractivity (Wildman–Crippen MR) is 69.4 cm³/mol. The van der Waals surface area contributed by atoms with Crippen molar-refractivity contribution < 1.29 is 9.90 Å². The van der Waals surface area contributed by atoms with Crippen LogP contribution in [0.5, 0.6) is 0 Å². The molecule has 2 aliphatic rings. The van der Waals surface area contributed by atoms with E-state index in [0.717, 1.165) is 43.4 Å². The van der Waals surface area contributed by atoms with Gasteiger partial charge in [0.2, 0.25) is 0 Å². The van der Waals surface area contributed by atoms with E-state index in [1.807, 2.05) is 29.2 Å². The first-order valence-corrected chi connectivity index (χ1v) is 6.81. The fourth-order valence-electron chi connectivity index (χ4n) is 2.71. The summed E-state index contributed by atoms with van der Waals surface area (Å²) in [4.78, 5) is 14.3. The Hall–Kier alpha value is -1.35. The second-order valence-corrected chi connectivity index (χ2v) is 5.42. The molecule has 18 heavy (non-hydrogen) atoms. The fourth-order valence-corrected chi connectivity index (χ4v) is 2.71. The minimum absolute atomic E-state index is 0.0859. The summed E-state index contributed by atoms with van der Waals surface area (Å²) in [5, 5.41) is 10.0. The van der Waals surface area contributed by atoms with Gasteiger partial charge in [-0.2, -0.15) is 0 Å². The highest BCUT2D eigenvalue weighted by molar-refractivity contribution is 5.96. The van der Waals surface area contributed by atoms with Crippen LogP contribution in [0.1, 0.15) is 35.2 Å². The molecule has 1 aliphatic carbocycles. The molecule has 0 spiro atoms. The summed E-state index contributed by atoms with van der Waals surface area (Å²) in [5.41, 5.74) is 1.96. The van der Waals surface area contributed by atoms with Crippen molar-refractivity contribution in [2.45, 2.75) is 31.8 Å². The van der Waals surface area contributed by atoms with Crippen LogP contribution in [-0.4, -0.2) is 35.1 Å². The second kappa shape index (κ2) is 4.73. The lowest BCUT2D eigenvalue weighted by atomic mass is 10.0. The molecule has 3 heteroatoms. The topological polar surface area (TPSA) is 40.5 Å². The third-order valence-corrected chi connectivity index (χ3v) is 3.98. The van der Waals surface area contributed by atoms with Gasteiger partial charge in [-0.1, -0.05) is 18.2 Å². The highest BCUT2D eigenvalue weighted by Crippen LogP contribution is 2.33. The Morgan fingerprint density at radius 1 is 1.33 bits per heavy atom. The summed E-state index contributed by atoms with van der Waals surface area (Å²) < 4.78 is 0. The molecule has 1 unspecified atom stereocenters. The summed E-state index contributed by atoms with van der Waals surface area (Å²) in [6.45, 7) is 1.26. The van der Waals surface area contributed by atoms with Crippen LogP contribution in [-0.2, 0) is 6.42 Å². The third-order valence-electron chi connectivity index (χ3n) is 3.98. The van der Waals surface area contributed by atoms with E-state index in [1.54, 1.807) is 0 Å². The van der Waals surface area contributed by atoms with Gasteiger partial charge in [-0.15, -0.1) is 0 Å². The number of aliphatic hydroxyl groups excluding tert-OH is 1. The second-order valence-electron chi connectivity index (χ2n) is 5.42.